The van der Waals surface area contributed by atoms with Crippen LogP contribution in [0.4, 0.5) is 5.69 Å². The van der Waals surface area contributed by atoms with Crippen molar-refractivity contribution >= 4 is 29.0 Å². The lowest BCUT2D eigenvalue weighted by molar-refractivity contribution is 0.0979. The topological polar surface area (TPSA) is 37.4 Å². The maximum Gasteiger partial charge on any atom is 0.259 e. The average molecular weight is 340 g/mol. The largest absolute Gasteiger partial charge is 0.301 e. The predicted octanol–water partition coefficient (Wildman–Crippen LogP) is 4.54. The van der Waals surface area contributed by atoms with Crippen LogP contribution in [0.3, 0.4) is 0 Å². The number of anilines is 1. The van der Waals surface area contributed by atoms with Gasteiger partial charge in [0.2, 0.25) is 0 Å². The van der Waals surface area contributed by atoms with Crippen molar-refractivity contribution in [3.63, 3.8) is 0 Å². The Hall–Kier alpha value is -2.13. The number of aryl methyl sites for hydroxylation is 1. The summed E-state index contributed by atoms with van der Waals surface area (Å²) in [6.45, 7) is 0. The number of fused-ring (bicyclic) bond motifs is 5. The number of amides is 1. The molecule has 24 heavy (non-hydrogen) atoms. The molecule has 0 bridgehead atoms. The SMILES string of the molecule is O=C(CCCl)c1ccc2c(c1)N1C(=O)c3ccccc3C1CCC2. The van der Waals surface area contributed by atoms with Crippen LogP contribution in [0.25, 0.3) is 0 Å². The van der Waals surface area contributed by atoms with Gasteiger partial charge in [-0.3, -0.25) is 9.59 Å². The van der Waals surface area contributed by atoms with Gasteiger partial charge in [0.25, 0.3) is 5.91 Å². The van der Waals surface area contributed by atoms with Crippen LogP contribution in [0.5, 0.6) is 0 Å². The zero-order valence-corrected chi connectivity index (χ0v) is 14.1. The first-order valence-corrected chi connectivity index (χ1v) is 8.88. The summed E-state index contributed by atoms with van der Waals surface area (Å²) < 4.78 is 0. The summed E-state index contributed by atoms with van der Waals surface area (Å²) in [5.74, 6) is 0.380. The Labute approximate surface area is 146 Å². The summed E-state index contributed by atoms with van der Waals surface area (Å²) in [6, 6.07) is 13.7. The van der Waals surface area contributed by atoms with Crippen molar-refractivity contribution in [1.29, 1.82) is 0 Å². The summed E-state index contributed by atoms with van der Waals surface area (Å²) in [5.41, 5.74) is 4.56. The number of carbonyl (C=O) groups excluding carboxylic acids is 2. The van der Waals surface area contributed by atoms with Gasteiger partial charge < -0.3 is 4.90 Å². The third-order valence-electron chi connectivity index (χ3n) is 4.99. The van der Waals surface area contributed by atoms with E-state index in [2.05, 4.69) is 0 Å². The maximum absolute atomic E-state index is 13.0. The molecule has 3 nitrogen and oxygen atoms in total. The number of Topliss-reactive ketones (excluding diaryl/α,β-unsaturated/α-hetero) is 1. The first-order chi connectivity index (χ1) is 11.7. The minimum atomic E-state index is 0.0257. The van der Waals surface area contributed by atoms with Crippen LogP contribution in [-0.4, -0.2) is 17.6 Å². The van der Waals surface area contributed by atoms with E-state index in [-0.39, 0.29) is 17.7 Å². The Morgan fingerprint density at radius 2 is 2.04 bits per heavy atom. The van der Waals surface area contributed by atoms with Crippen molar-refractivity contribution in [2.24, 2.45) is 0 Å². The number of ketones is 1. The second-order valence-electron chi connectivity index (χ2n) is 6.38. The summed E-state index contributed by atoms with van der Waals surface area (Å²) in [4.78, 5) is 27.1. The first kappa shape index (κ1) is 15.4. The molecule has 0 aromatic heterocycles. The molecule has 2 aliphatic heterocycles. The second-order valence-corrected chi connectivity index (χ2v) is 6.75. The summed E-state index contributed by atoms with van der Waals surface area (Å²) in [6.07, 6.45) is 3.23. The molecular weight excluding hydrogens is 322 g/mol. The number of halogens is 1. The van der Waals surface area contributed by atoms with Crippen LogP contribution < -0.4 is 4.90 Å². The van der Waals surface area contributed by atoms with Crippen LogP contribution in [0, 0.1) is 0 Å². The molecule has 0 saturated carbocycles. The number of alkyl halides is 1. The molecule has 0 N–H and O–H groups in total. The Kier molecular flexibility index (Phi) is 3.89. The Balaban J connectivity index is 1.82. The minimum Gasteiger partial charge on any atom is -0.301 e. The Bertz CT molecular complexity index is 830. The monoisotopic (exact) mass is 339 g/mol. The summed E-state index contributed by atoms with van der Waals surface area (Å²) in [7, 11) is 0. The van der Waals surface area contributed by atoms with Crippen molar-refractivity contribution in [2.75, 3.05) is 10.8 Å². The van der Waals surface area contributed by atoms with E-state index in [0.29, 0.717) is 17.9 Å². The number of rotatable bonds is 3. The highest BCUT2D eigenvalue weighted by Crippen LogP contribution is 2.44. The molecule has 4 rings (SSSR count). The number of hydrogen-bond acceptors (Lipinski definition) is 2. The predicted molar refractivity (Wildman–Crippen MR) is 95.0 cm³/mol. The molecule has 2 aliphatic rings. The zero-order chi connectivity index (χ0) is 16.7. The lowest BCUT2D eigenvalue weighted by atomic mass is 9.99. The van der Waals surface area contributed by atoms with Gasteiger partial charge in [0.1, 0.15) is 0 Å². The van der Waals surface area contributed by atoms with Gasteiger partial charge in [-0.05, 0) is 42.5 Å². The van der Waals surface area contributed by atoms with Crippen LogP contribution in [0.15, 0.2) is 42.5 Å². The van der Waals surface area contributed by atoms with Crippen molar-refractivity contribution in [3.05, 3.63) is 64.7 Å². The Morgan fingerprint density at radius 3 is 2.88 bits per heavy atom. The molecule has 1 atom stereocenters. The lowest BCUT2D eigenvalue weighted by Gasteiger charge is -2.25. The molecule has 122 valence electrons. The van der Waals surface area contributed by atoms with Gasteiger partial charge in [-0.15, -0.1) is 11.6 Å². The van der Waals surface area contributed by atoms with E-state index in [9.17, 15) is 9.59 Å². The normalized spacial score (nSPS) is 18.6. The molecule has 1 amide bonds. The van der Waals surface area contributed by atoms with Crippen LogP contribution in [-0.2, 0) is 6.42 Å². The number of carbonyl (C=O) groups is 2. The summed E-state index contributed by atoms with van der Waals surface area (Å²) >= 11 is 5.70. The van der Waals surface area contributed by atoms with Crippen molar-refractivity contribution < 1.29 is 9.59 Å². The minimum absolute atomic E-state index is 0.0257. The molecule has 0 spiro atoms. The molecule has 4 heteroatoms. The molecule has 0 fully saturated rings. The van der Waals surface area contributed by atoms with E-state index in [4.69, 9.17) is 11.6 Å². The first-order valence-electron chi connectivity index (χ1n) is 8.35. The van der Waals surface area contributed by atoms with Crippen LogP contribution in [0.1, 0.15) is 57.1 Å². The number of benzene rings is 2. The third-order valence-corrected chi connectivity index (χ3v) is 5.18. The average Bonchev–Trinajstić information content (AvgIpc) is 2.77. The Morgan fingerprint density at radius 1 is 1.21 bits per heavy atom. The molecule has 1 unspecified atom stereocenters. The molecule has 0 radical (unpaired) electrons. The van der Waals surface area contributed by atoms with Gasteiger partial charge in [0, 0.05) is 29.1 Å². The fourth-order valence-corrected chi connectivity index (χ4v) is 4.02. The second kappa shape index (κ2) is 6.06. The van der Waals surface area contributed by atoms with Crippen molar-refractivity contribution in [1.82, 2.24) is 0 Å². The lowest BCUT2D eigenvalue weighted by Crippen LogP contribution is -2.27. The van der Waals surface area contributed by atoms with Gasteiger partial charge in [-0.2, -0.15) is 0 Å². The molecule has 2 aromatic rings. The van der Waals surface area contributed by atoms with E-state index in [1.807, 2.05) is 47.4 Å². The van der Waals surface area contributed by atoms with E-state index in [0.717, 1.165) is 41.6 Å². The standard InChI is InChI=1S/C20H18ClNO2/c21-11-10-19(23)14-9-8-13-4-3-7-17-15-5-1-2-6-16(15)20(24)22(17)18(13)12-14/h1-2,5-6,8-9,12,17H,3-4,7,10-11H2. The van der Waals surface area contributed by atoms with E-state index < -0.39 is 0 Å². The number of nitrogens with zero attached hydrogens (tertiary/aromatic N) is 1. The molecular formula is C20H18ClNO2. The van der Waals surface area contributed by atoms with Gasteiger partial charge in [-0.1, -0.05) is 30.3 Å². The zero-order valence-electron chi connectivity index (χ0n) is 13.3. The van der Waals surface area contributed by atoms with Gasteiger partial charge in [-0.25, -0.2) is 0 Å². The van der Waals surface area contributed by atoms with Crippen molar-refractivity contribution in [3.8, 4) is 0 Å². The fourth-order valence-electron chi connectivity index (χ4n) is 3.84. The van der Waals surface area contributed by atoms with E-state index >= 15 is 0 Å². The van der Waals surface area contributed by atoms with Crippen LogP contribution in [0.2, 0.25) is 0 Å². The fraction of sp³-hybridized carbons (Fsp3) is 0.300. The highest BCUT2D eigenvalue weighted by atomic mass is 35.5. The maximum atomic E-state index is 13.0. The highest BCUT2D eigenvalue weighted by molar-refractivity contribution is 6.19. The molecule has 0 aliphatic carbocycles. The van der Waals surface area contributed by atoms with Gasteiger partial charge in [0.05, 0.1) is 6.04 Å². The van der Waals surface area contributed by atoms with Gasteiger partial charge >= 0.3 is 0 Å². The molecule has 0 saturated heterocycles. The van der Waals surface area contributed by atoms with Crippen molar-refractivity contribution in [2.45, 2.75) is 31.7 Å². The quantitative estimate of drug-likeness (QED) is 0.608. The third kappa shape index (κ3) is 2.35. The van der Waals surface area contributed by atoms with Gasteiger partial charge in [0.15, 0.2) is 5.78 Å². The smallest absolute Gasteiger partial charge is 0.259 e. The van der Waals surface area contributed by atoms with E-state index in [1.54, 1.807) is 0 Å². The molecule has 2 heterocycles. The highest BCUT2D eigenvalue weighted by Gasteiger charge is 2.39. The number of hydrogen-bond donors (Lipinski definition) is 0. The van der Waals surface area contributed by atoms with E-state index in [1.165, 1.54) is 0 Å². The molecule has 2 aromatic carbocycles. The van der Waals surface area contributed by atoms with Crippen LogP contribution >= 0.6 is 11.6 Å². The summed E-state index contributed by atoms with van der Waals surface area (Å²) in [5, 5.41) is 0.